The number of ether oxygens (including phenoxy) is 1. The molecule has 0 aliphatic rings. The van der Waals surface area contributed by atoms with E-state index in [2.05, 4.69) is 5.32 Å². The highest BCUT2D eigenvalue weighted by Gasteiger charge is 2.08. The van der Waals surface area contributed by atoms with E-state index < -0.39 is 11.9 Å². The van der Waals surface area contributed by atoms with Crippen LogP contribution in [0.3, 0.4) is 0 Å². The van der Waals surface area contributed by atoms with Crippen LogP contribution in [0.4, 0.5) is 14.9 Å². The Labute approximate surface area is 109 Å². The van der Waals surface area contributed by atoms with E-state index in [0.717, 1.165) is 17.7 Å². The van der Waals surface area contributed by atoms with Gasteiger partial charge in [0.05, 0.1) is 5.69 Å². The number of phenols is 1. The van der Waals surface area contributed by atoms with E-state index in [4.69, 9.17) is 4.74 Å². The molecule has 0 heterocycles. The Morgan fingerprint density at radius 1 is 1.21 bits per heavy atom. The molecule has 0 unspecified atom stereocenters. The first-order valence-electron chi connectivity index (χ1n) is 5.61. The molecule has 98 valence electrons. The van der Waals surface area contributed by atoms with Gasteiger partial charge in [0.1, 0.15) is 18.2 Å². The van der Waals surface area contributed by atoms with Crippen LogP contribution in [-0.4, -0.2) is 11.2 Å². The number of amides is 1. The second-order valence-electron chi connectivity index (χ2n) is 3.85. The lowest BCUT2D eigenvalue weighted by molar-refractivity contribution is 0.155. The van der Waals surface area contributed by atoms with Gasteiger partial charge in [0, 0.05) is 6.07 Å². The summed E-state index contributed by atoms with van der Waals surface area (Å²) in [6.45, 7) is 0.0904. The zero-order valence-electron chi connectivity index (χ0n) is 9.97. The Hall–Kier alpha value is -2.56. The van der Waals surface area contributed by atoms with Crippen LogP contribution in [0, 0.1) is 5.82 Å². The summed E-state index contributed by atoms with van der Waals surface area (Å²) in [5, 5.41) is 11.4. The lowest BCUT2D eigenvalue weighted by Crippen LogP contribution is -2.14. The molecule has 0 fully saturated rings. The van der Waals surface area contributed by atoms with Crippen molar-refractivity contribution in [3.05, 3.63) is 59.9 Å². The van der Waals surface area contributed by atoms with Gasteiger partial charge in [0.2, 0.25) is 0 Å². The second-order valence-corrected chi connectivity index (χ2v) is 3.85. The smallest absolute Gasteiger partial charge is 0.412 e. The molecule has 0 spiro atoms. The van der Waals surface area contributed by atoms with E-state index in [1.165, 1.54) is 6.07 Å². The fourth-order valence-electron chi connectivity index (χ4n) is 1.48. The predicted octanol–water partition coefficient (Wildman–Crippen LogP) is 3.28. The minimum atomic E-state index is -0.784. The number of phenolic OH excluding ortho intramolecular Hbond substituents is 1. The first-order valence-corrected chi connectivity index (χ1v) is 5.61. The minimum absolute atomic E-state index is 0.0904. The third-order valence-corrected chi connectivity index (χ3v) is 2.40. The van der Waals surface area contributed by atoms with Gasteiger partial charge in [-0.2, -0.15) is 0 Å². The average molecular weight is 261 g/mol. The van der Waals surface area contributed by atoms with Crippen molar-refractivity contribution in [1.82, 2.24) is 0 Å². The number of anilines is 1. The highest BCUT2D eigenvalue weighted by molar-refractivity contribution is 5.85. The van der Waals surface area contributed by atoms with Crippen molar-refractivity contribution in [3.8, 4) is 5.75 Å². The summed E-state index contributed by atoms with van der Waals surface area (Å²) >= 11 is 0. The molecule has 0 saturated heterocycles. The molecule has 0 saturated carbocycles. The first kappa shape index (κ1) is 12.9. The van der Waals surface area contributed by atoms with Crippen molar-refractivity contribution in [1.29, 1.82) is 0 Å². The number of benzene rings is 2. The van der Waals surface area contributed by atoms with Gasteiger partial charge < -0.3 is 9.84 Å². The third-order valence-electron chi connectivity index (χ3n) is 2.40. The average Bonchev–Trinajstić information content (AvgIpc) is 2.42. The Morgan fingerprint density at radius 3 is 2.68 bits per heavy atom. The minimum Gasteiger partial charge on any atom is -0.508 e. The van der Waals surface area contributed by atoms with Crippen LogP contribution in [0.25, 0.3) is 0 Å². The maximum atomic E-state index is 13.3. The maximum Gasteiger partial charge on any atom is 0.412 e. The van der Waals surface area contributed by atoms with Gasteiger partial charge in [-0.15, -0.1) is 0 Å². The number of nitrogens with one attached hydrogen (secondary N) is 1. The van der Waals surface area contributed by atoms with Crippen LogP contribution in [-0.2, 0) is 11.3 Å². The van der Waals surface area contributed by atoms with Crippen molar-refractivity contribution in [2.24, 2.45) is 0 Å². The molecular weight excluding hydrogens is 249 g/mol. The SMILES string of the molecule is O=C(Nc1cc(O)ccc1F)OCc1ccccc1. The van der Waals surface area contributed by atoms with Crippen molar-refractivity contribution in [2.75, 3.05) is 5.32 Å². The van der Waals surface area contributed by atoms with E-state index in [0.29, 0.717) is 0 Å². The lowest BCUT2D eigenvalue weighted by Gasteiger charge is -2.08. The molecule has 0 atom stereocenters. The molecule has 0 radical (unpaired) electrons. The molecule has 19 heavy (non-hydrogen) atoms. The van der Waals surface area contributed by atoms with E-state index >= 15 is 0 Å². The molecule has 0 aromatic heterocycles. The highest BCUT2D eigenvalue weighted by atomic mass is 19.1. The zero-order valence-corrected chi connectivity index (χ0v) is 9.97. The quantitative estimate of drug-likeness (QED) is 0.891. The molecule has 2 rings (SSSR count). The first-order chi connectivity index (χ1) is 9.15. The van der Waals surface area contributed by atoms with E-state index in [1.807, 2.05) is 30.3 Å². The van der Waals surface area contributed by atoms with Gasteiger partial charge in [-0.25, -0.2) is 9.18 Å². The van der Waals surface area contributed by atoms with Crippen LogP contribution >= 0.6 is 0 Å². The maximum absolute atomic E-state index is 13.3. The Bertz CT molecular complexity index is 572. The number of hydrogen-bond donors (Lipinski definition) is 2. The number of halogens is 1. The third kappa shape index (κ3) is 3.70. The molecular formula is C14H12FNO3. The number of aromatic hydroxyl groups is 1. The van der Waals surface area contributed by atoms with Crippen LogP contribution in [0.1, 0.15) is 5.56 Å². The number of carbonyl (C=O) groups excluding carboxylic acids is 1. The van der Waals surface area contributed by atoms with Crippen LogP contribution in [0.2, 0.25) is 0 Å². The summed E-state index contributed by atoms with van der Waals surface area (Å²) in [6.07, 6.45) is -0.784. The molecule has 2 aromatic rings. The Morgan fingerprint density at radius 2 is 1.95 bits per heavy atom. The summed E-state index contributed by atoms with van der Waals surface area (Å²) < 4.78 is 18.2. The molecule has 0 bridgehead atoms. The van der Waals surface area contributed by atoms with Crippen molar-refractivity contribution in [2.45, 2.75) is 6.61 Å². The van der Waals surface area contributed by atoms with Gasteiger partial charge in [0.25, 0.3) is 0 Å². The van der Waals surface area contributed by atoms with Gasteiger partial charge >= 0.3 is 6.09 Å². The topological polar surface area (TPSA) is 58.6 Å². The predicted molar refractivity (Wildman–Crippen MR) is 68.3 cm³/mol. The number of rotatable bonds is 3. The summed E-state index contributed by atoms with van der Waals surface area (Å²) in [5.41, 5.74) is 0.701. The van der Waals surface area contributed by atoms with Crippen LogP contribution < -0.4 is 5.32 Å². The molecule has 1 amide bonds. The molecule has 0 aliphatic heterocycles. The standard InChI is InChI=1S/C14H12FNO3/c15-12-7-6-11(17)8-13(12)16-14(18)19-9-10-4-2-1-3-5-10/h1-8,17H,9H2,(H,16,18). The molecule has 4 nitrogen and oxygen atoms in total. The summed E-state index contributed by atoms with van der Waals surface area (Å²) in [4.78, 5) is 11.5. The number of hydrogen-bond acceptors (Lipinski definition) is 3. The highest BCUT2D eigenvalue weighted by Crippen LogP contribution is 2.20. The van der Waals surface area contributed by atoms with Gasteiger partial charge in [-0.3, -0.25) is 5.32 Å². The molecule has 5 heteroatoms. The van der Waals surface area contributed by atoms with E-state index in [1.54, 1.807) is 0 Å². The van der Waals surface area contributed by atoms with Gasteiger partial charge in [-0.05, 0) is 17.7 Å². The molecule has 2 N–H and O–H groups in total. The van der Waals surface area contributed by atoms with E-state index in [-0.39, 0.29) is 18.0 Å². The van der Waals surface area contributed by atoms with Gasteiger partial charge in [0.15, 0.2) is 0 Å². The summed E-state index contributed by atoms with van der Waals surface area (Å²) in [7, 11) is 0. The van der Waals surface area contributed by atoms with Crippen molar-refractivity contribution < 1.29 is 19.0 Å². The van der Waals surface area contributed by atoms with Crippen LogP contribution in [0.5, 0.6) is 5.75 Å². The normalized spacial score (nSPS) is 9.95. The fraction of sp³-hybridized carbons (Fsp3) is 0.0714. The summed E-state index contributed by atoms with van der Waals surface area (Å²) in [5.74, 6) is -0.783. The zero-order chi connectivity index (χ0) is 13.7. The second kappa shape index (κ2) is 5.86. The van der Waals surface area contributed by atoms with Gasteiger partial charge in [-0.1, -0.05) is 30.3 Å². The Balaban J connectivity index is 1.93. The molecule has 0 aliphatic carbocycles. The van der Waals surface area contributed by atoms with Crippen molar-refractivity contribution >= 4 is 11.8 Å². The van der Waals surface area contributed by atoms with Crippen molar-refractivity contribution in [3.63, 3.8) is 0 Å². The van der Waals surface area contributed by atoms with Crippen LogP contribution in [0.15, 0.2) is 48.5 Å². The largest absolute Gasteiger partial charge is 0.508 e. The Kier molecular flexibility index (Phi) is 3.97. The summed E-state index contributed by atoms with van der Waals surface area (Å²) in [6, 6.07) is 12.5. The monoisotopic (exact) mass is 261 g/mol. The fourth-order valence-corrected chi connectivity index (χ4v) is 1.48. The van der Waals surface area contributed by atoms with E-state index in [9.17, 15) is 14.3 Å². The molecule has 2 aromatic carbocycles. The number of carbonyl (C=O) groups is 1. The lowest BCUT2D eigenvalue weighted by atomic mass is 10.2.